The monoisotopic (exact) mass is 352 g/mol. The minimum Gasteiger partial charge on any atom is -0.294 e. The first-order valence-corrected chi connectivity index (χ1v) is 7.16. The molecular formula is C14H13BrF4O. The van der Waals surface area contributed by atoms with Crippen LogP contribution in [0.3, 0.4) is 0 Å². The summed E-state index contributed by atoms with van der Waals surface area (Å²) in [6, 6.07) is 4.10. The van der Waals surface area contributed by atoms with Gasteiger partial charge in [0.15, 0.2) is 5.78 Å². The molecule has 2 unspecified atom stereocenters. The molecule has 1 fully saturated rings. The number of ketones is 1. The molecule has 1 saturated carbocycles. The van der Waals surface area contributed by atoms with Crippen molar-refractivity contribution in [2.75, 3.05) is 0 Å². The van der Waals surface area contributed by atoms with Crippen LogP contribution in [0.1, 0.15) is 36.0 Å². The Bertz CT molecular complexity index is 512. The second-order valence-corrected chi connectivity index (χ2v) is 5.86. The van der Waals surface area contributed by atoms with Gasteiger partial charge in [-0.3, -0.25) is 4.79 Å². The van der Waals surface area contributed by atoms with Crippen LogP contribution in [0.15, 0.2) is 22.7 Å². The molecule has 0 heterocycles. The van der Waals surface area contributed by atoms with Gasteiger partial charge in [-0.2, -0.15) is 13.2 Å². The maximum atomic E-state index is 13.9. The first-order chi connectivity index (χ1) is 9.32. The topological polar surface area (TPSA) is 17.1 Å². The van der Waals surface area contributed by atoms with Gasteiger partial charge in [-0.15, -0.1) is 0 Å². The van der Waals surface area contributed by atoms with Crippen molar-refractivity contribution in [2.24, 2.45) is 11.8 Å². The first-order valence-electron chi connectivity index (χ1n) is 6.37. The van der Waals surface area contributed by atoms with E-state index in [0.29, 0.717) is 12.8 Å². The van der Waals surface area contributed by atoms with Crippen molar-refractivity contribution in [3.05, 3.63) is 34.1 Å². The van der Waals surface area contributed by atoms with Crippen LogP contribution in [0.25, 0.3) is 0 Å². The lowest BCUT2D eigenvalue weighted by Gasteiger charge is -2.32. The fourth-order valence-electron chi connectivity index (χ4n) is 2.73. The summed E-state index contributed by atoms with van der Waals surface area (Å²) in [5.74, 6) is -4.37. The molecule has 0 aliphatic heterocycles. The Labute approximate surface area is 122 Å². The summed E-state index contributed by atoms with van der Waals surface area (Å²) >= 11 is 2.94. The quantitative estimate of drug-likeness (QED) is 0.532. The molecule has 1 aromatic rings. The number of hydrogen-bond donors (Lipinski definition) is 0. The molecule has 0 amide bonds. The van der Waals surface area contributed by atoms with Gasteiger partial charge in [0.25, 0.3) is 0 Å². The van der Waals surface area contributed by atoms with E-state index >= 15 is 0 Å². The summed E-state index contributed by atoms with van der Waals surface area (Å²) in [5.41, 5.74) is -0.263. The van der Waals surface area contributed by atoms with Crippen LogP contribution in [-0.4, -0.2) is 12.0 Å². The number of carbonyl (C=O) groups is 1. The van der Waals surface area contributed by atoms with E-state index in [1.165, 1.54) is 18.2 Å². The largest absolute Gasteiger partial charge is 0.392 e. The molecule has 1 aliphatic rings. The lowest BCUT2D eigenvalue weighted by molar-refractivity contribution is -0.190. The van der Waals surface area contributed by atoms with Gasteiger partial charge in [0, 0.05) is 5.92 Å². The molecular weight excluding hydrogens is 340 g/mol. The van der Waals surface area contributed by atoms with Crippen LogP contribution in [0.5, 0.6) is 0 Å². The van der Waals surface area contributed by atoms with E-state index < -0.39 is 29.6 Å². The highest BCUT2D eigenvalue weighted by Gasteiger charge is 2.48. The van der Waals surface area contributed by atoms with E-state index in [1.54, 1.807) is 0 Å². The van der Waals surface area contributed by atoms with E-state index in [9.17, 15) is 22.4 Å². The third-order valence-electron chi connectivity index (χ3n) is 3.74. The number of carbonyl (C=O) groups excluding carboxylic acids is 1. The standard InChI is InChI=1S/C14H13BrF4O/c15-11-7-3-5-9(12(11)16)13(20)8-4-1-2-6-10(8)14(17,18)19/h3,5,7-8,10H,1-2,4,6H2. The van der Waals surface area contributed by atoms with E-state index in [4.69, 9.17) is 0 Å². The fraction of sp³-hybridized carbons (Fsp3) is 0.500. The lowest BCUT2D eigenvalue weighted by atomic mass is 9.75. The van der Waals surface area contributed by atoms with E-state index in [-0.39, 0.29) is 22.9 Å². The number of Topliss-reactive ketones (excluding diaryl/α,β-unsaturated/α-hetero) is 1. The smallest absolute Gasteiger partial charge is 0.294 e. The molecule has 2 rings (SSSR count). The van der Waals surface area contributed by atoms with Crippen molar-refractivity contribution in [3.8, 4) is 0 Å². The molecule has 6 heteroatoms. The predicted molar refractivity (Wildman–Crippen MR) is 69.9 cm³/mol. The van der Waals surface area contributed by atoms with Crippen molar-refractivity contribution < 1.29 is 22.4 Å². The molecule has 0 N–H and O–H groups in total. The number of rotatable bonds is 2. The molecule has 2 atom stereocenters. The highest BCUT2D eigenvalue weighted by Crippen LogP contribution is 2.43. The van der Waals surface area contributed by atoms with Gasteiger partial charge in [0.1, 0.15) is 5.82 Å². The minimum atomic E-state index is -4.41. The van der Waals surface area contributed by atoms with Crippen LogP contribution in [0.4, 0.5) is 17.6 Å². The number of alkyl halides is 3. The Kier molecular flexibility index (Phi) is 4.52. The fourth-order valence-corrected chi connectivity index (χ4v) is 3.10. The zero-order valence-electron chi connectivity index (χ0n) is 10.5. The van der Waals surface area contributed by atoms with Gasteiger partial charge in [-0.25, -0.2) is 4.39 Å². The Morgan fingerprint density at radius 2 is 1.85 bits per heavy atom. The summed E-state index contributed by atoms with van der Waals surface area (Å²) < 4.78 is 52.9. The predicted octanol–water partition coefficient (Wildman–Crippen LogP) is 5.14. The van der Waals surface area contributed by atoms with Crippen LogP contribution in [0.2, 0.25) is 0 Å². The number of halogens is 5. The summed E-state index contributed by atoms with van der Waals surface area (Å²) in [7, 11) is 0. The third-order valence-corrected chi connectivity index (χ3v) is 4.35. The van der Waals surface area contributed by atoms with E-state index in [2.05, 4.69) is 15.9 Å². The summed E-state index contributed by atoms with van der Waals surface area (Å²) in [4.78, 5) is 12.3. The van der Waals surface area contributed by atoms with Crippen molar-refractivity contribution >= 4 is 21.7 Å². The molecule has 20 heavy (non-hydrogen) atoms. The van der Waals surface area contributed by atoms with Crippen LogP contribution in [-0.2, 0) is 0 Å². The SMILES string of the molecule is O=C(c1cccc(Br)c1F)C1CCCCC1C(F)(F)F. The van der Waals surface area contributed by atoms with Crippen molar-refractivity contribution in [1.29, 1.82) is 0 Å². The maximum Gasteiger partial charge on any atom is 0.392 e. The summed E-state index contributed by atoms with van der Waals surface area (Å²) in [6.07, 6.45) is -3.29. The molecule has 1 aliphatic carbocycles. The second-order valence-electron chi connectivity index (χ2n) is 5.00. The molecule has 110 valence electrons. The Morgan fingerprint density at radius 3 is 2.50 bits per heavy atom. The van der Waals surface area contributed by atoms with Crippen LogP contribution in [0, 0.1) is 17.7 Å². The minimum absolute atomic E-state index is 0.0600. The van der Waals surface area contributed by atoms with Gasteiger partial charge < -0.3 is 0 Å². The highest BCUT2D eigenvalue weighted by molar-refractivity contribution is 9.10. The zero-order valence-corrected chi connectivity index (χ0v) is 12.1. The average Bonchev–Trinajstić information content (AvgIpc) is 2.40. The molecule has 0 spiro atoms. The van der Waals surface area contributed by atoms with Gasteiger partial charge in [0.05, 0.1) is 16.0 Å². The maximum absolute atomic E-state index is 13.9. The Balaban J connectivity index is 2.33. The van der Waals surface area contributed by atoms with Crippen molar-refractivity contribution in [3.63, 3.8) is 0 Å². The van der Waals surface area contributed by atoms with Gasteiger partial charge in [-0.05, 0) is 40.9 Å². The lowest BCUT2D eigenvalue weighted by Crippen LogP contribution is -2.37. The summed E-state index contributed by atoms with van der Waals surface area (Å²) in [6.45, 7) is 0. The first kappa shape index (κ1) is 15.5. The molecule has 0 aromatic heterocycles. The van der Waals surface area contributed by atoms with Crippen molar-refractivity contribution in [2.45, 2.75) is 31.9 Å². The van der Waals surface area contributed by atoms with Gasteiger partial charge in [0.2, 0.25) is 0 Å². The molecule has 0 saturated heterocycles. The Morgan fingerprint density at radius 1 is 1.20 bits per heavy atom. The van der Waals surface area contributed by atoms with Crippen molar-refractivity contribution in [1.82, 2.24) is 0 Å². The Hall–Kier alpha value is -0.910. The van der Waals surface area contributed by atoms with Gasteiger partial charge in [-0.1, -0.05) is 18.9 Å². The van der Waals surface area contributed by atoms with Crippen LogP contribution >= 0.6 is 15.9 Å². The molecule has 1 aromatic carbocycles. The van der Waals surface area contributed by atoms with E-state index in [1.807, 2.05) is 0 Å². The van der Waals surface area contributed by atoms with E-state index in [0.717, 1.165) is 0 Å². The zero-order chi connectivity index (χ0) is 14.9. The number of benzene rings is 1. The normalized spacial score (nSPS) is 23.6. The molecule has 0 bridgehead atoms. The third kappa shape index (κ3) is 3.05. The average molecular weight is 353 g/mol. The molecule has 0 radical (unpaired) electrons. The highest BCUT2D eigenvalue weighted by atomic mass is 79.9. The second kappa shape index (κ2) is 5.84. The molecule has 1 nitrogen and oxygen atoms in total. The summed E-state index contributed by atoms with van der Waals surface area (Å²) in [5, 5.41) is 0. The van der Waals surface area contributed by atoms with Crippen LogP contribution < -0.4 is 0 Å². The number of hydrogen-bond acceptors (Lipinski definition) is 1. The van der Waals surface area contributed by atoms with Gasteiger partial charge >= 0.3 is 6.18 Å².